The standard InChI is InChI=1S/C11H19Br/c1-8-3-2-4-9(5-8)11-6-10(11)7-12/h8-11H,2-7H2,1H3. The molecule has 0 saturated heterocycles. The molecule has 1 heteroatoms. The van der Waals surface area contributed by atoms with Gasteiger partial charge in [0.2, 0.25) is 0 Å². The molecule has 4 unspecified atom stereocenters. The second kappa shape index (κ2) is 3.69. The van der Waals surface area contributed by atoms with E-state index in [4.69, 9.17) is 0 Å². The van der Waals surface area contributed by atoms with Gasteiger partial charge in [-0.3, -0.25) is 0 Å². The summed E-state index contributed by atoms with van der Waals surface area (Å²) in [6, 6.07) is 0. The molecule has 4 atom stereocenters. The van der Waals surface area contributed by atoms with Gasteiger partial charge in [-0.2, -0.15) is 0 Å². The Morgan fingerprint density at radius 1 is 1.25 bits per heavy atom. The van der Waals surface area contributed by atoms with E-state index in [-0.39, 0.29) is 0 Å². The van der Waals surface area contributed by atoms with Crippen molar-refractivity contribution in [2.75, 3.05) is 5.33 Å². The maximum absolute atomic E-state index is 3.60. The van der Waals surface area contributed by atoms with Gasteiger partial charge in [0.1, 0.15) is 0 Å². The first-order valence-corrected chi connectivity index (χ1v) is 6.49. The number of halogens is 1. The van der Waals surface area contributed by atoms with Crippen molar-refractivity contribution in [2.45, 2.75) is 39.0 Å². The molecule has 0 aliphatic heterocycles. The molecular formula is C11H19Br. The fourth-order valence-electron chi connectivity index (χ4n) is 2.90. The number of hydrogen-bond acceptors (Lipinski definition) is 0. The van der Waals surface area contributed by atoms with E-state index >= 15 is 0 Å². The van der Waals surface area contributed by atoms with Crippen molar-refractivity contribution in [3.8, 4) is 0 Å². The molecule has 0 aromatic carbocycles. The third-order valence-electron chi connectivity index (χ3n) is 3.76. The average molecular weight is 231 g/mol. The summed E-state index contributed by atoms with van der Waals surface area (Å²) in [5.41, 5.74) is 0. The summed E-state index contributed by atoms with van der Waals surface area (Å²) in [4.78, 5) is 0. The fraction of sp³-hybridized carbons (Fsp3) is 1.00. The molecule has 2 aliphatic rings. The number of hydrogen-bond donors (Lipinski definition) is 0. The minimum atomic E-state index is 1.01. The lowest BCUT2D eigenvalue weighted by Crippen LogP contribution is -2.15. The summed E-state index contributed by atoms with van der Waals surface area (Å²) in [6.45, 7) is 2.43. The van der Waals surface area contributed by atoms with Gasteiger partial charge in [0.05, 0.1) is 0 Å². The van der Waals surface area contributed by atoms with E-state index in [0.29, 0.717) is 0 Å². The van der Waals surface area contributed by atoms with Crippen molar-refractivity contribution < 1.29 is 0 Å². The van der Waals surface area contributed by atoms with Crippen LogP contribution in [0.2, 0.25) is 0 Å². The van der Waals surface area contributed by atoms with Gasteiger partial charge in [-0.25, -0.2) is 0 Å². The van der Waals surface area contributed by atoms with Crippen molar-refractivity contribution in [2.24, 2.45) is 23.7 Å². The van der Waals surface area contributed by atoms with E-state index in [1.54, 1.807) is 0 Å². The number of rotatable bonds is 2. The third-order valence-corrected chi connectivity index (χ3v) is 4.59. The van der Waals surface area contributed by atoms with Gasteiger partial charge in [0.15, 0.2) is 0 Å². The Labute approximate surface area is 84.2 Å². The smallest absolute Gasteiger partial charge is 0.00625 e. The minimum Gasteiger partial charge on any atom is -0.0925 e. The molecule has 2 fully saturated rings. The van der Waals surface area contributed by atoms with Crippen LogP contribution in [0.15, 0.2) is 0 Å². The zero-order chi connectivity index (χ0) is 8.55. The summed E-state index contributed by atoms with van der Waals surface area (Å²) in [5, 5.41) is 1.25. The minimum absolute atomic E-state index is 1.01. The molecule has 0 nitrogen and oxygen atoms in total. The van der Waals surface area contributed by atoms with Gasteiger partial charge in [-0.15, -0.1) is 0 Å². The Kier molecular flexibility index (Phi) is 2.78. The van der Waals surface area contributed by atoms with Crippen LogP contribution >= 0.6 is 15.9 Å². The second-order valence-corrected chi connectivity index (χ2v) is 5.49. The molecule has 0 spiro atoms. The second-order valence-electron chi connectivity index (χ2n) is 4.85. The van der Waals surface area contributed by atoms with Gasteiger partial charge >= 0.3 is 0 Å². The fourth-order valence-corrected chi connectivity index (χ4v) is 3.64. The van der Waals surface area contributed by atoms with Gasteiger partial charge < -0.3 is 0 Å². The van der Waals surface area contributed by atoms with E-state index < -0.39 is 0 Å². The molecule has 0 bridgehead atoms. The van der Waals surface area contributed by atoms with Crippen molar-refractivity contribution >= 4 is 15.9 Å². The van der Waals surface area contributed by atoms with Gasteiger partial charge in [0.25, 0.3) is 0 Å². The van der Waals surface area contributed by atoms with Crippen LogP contribution in [-0.4, -0.2) is 5.33 Å². The van der Waals surface area contributed by atoms with Gasteiger partial charge in [-0.05, 0) is 36.5 Å². The highest BCUT2D eigenvalue weighted by molar-refractivity contribution is 9.09. The Balaban J connectivity index is 1.81. The zero-order valence-electron chi connectivity index (χ0n) is 7.93. The maximum atomic E-state index is 3.60. The van der Waals surface area contributed by atoms with Crippen LogP contribution in [0.3, 0.4) is 0 Å². The summed E-state index contributed by atoms with van der Waals surface area (Å²) in [5.74, 6) is 4.25. The molecule has 0 heterocycles. The van der Waals surface area contributed by atoms with Crippen LogP contribution in [0.1, 0.15) is 39.0 Å². The highest BCUT2D eigenvalue weighted by atomic mass is 79.9. The predicted octanol–water partition coefficient (Wildman–Crippen LogP) is 3.84. The molecule has 0 aromatic rings. The molecule has 70 valence electrons. The van der Waals surface area contributed by atoms with Crippen LogP contribution in [0.25, 0.3) is 0 Å². The van der Waals surface area contributed by atoms with Crippen molar-refractivity contribution in [3.63, 3.8) is 0 Å². The summed E-state index contributed by atoms with van der Waals surface area (Å²) >= 11 is 3.60. The molecule has 0 radical (unpaired) electrons. The van der Waals surface area contributed by atoms with Crippen LogP contribution in [0, 0.1) is 23.7 Å². The highest BCUT2D eigenvalue weighted by Gasteiger charge is 2.42. The average Bonchev–Trinajstić information content (AvgIpc) is 2.83. The van der Waals surface area contributed by atoms with Crippen LogP contribution < -0.4 is 0 Å². The largest absolute Gasteiger partial charge is 0.0925 e. The van der Waals surface area contributed by atoms with E-state index in [1.165, 1.54) is 37.4 Å². The van der Waals surface area contributed by atoms with Crippen molar-refractivity contribution in [1.82, 2.24) is 0 Å². The topological polar surface area (TPSA) is 0 Å². The Morgan fingerprint density at radius 2 is 2.08 bits per heavy atom. The van der Waals surface area contributed by atoms with Crippen LogP contribution in [0.5, 0.6) is 0 Å². The highest BCUT2D eigenvalue weighted by Crippen LogP contribution is 2.50. The first-order valence-electron chi connectivity index (χ1n) is 5.37. The molecule has 2 aliphatic carbocycles. The molecule has 0 amide bonds. The number of alkyl halides is 1. The molecule has 2 rings (SSSR count). The SMILES string of the molecule is CC1CCCC(C2CC2CBr)C1. The van der Waals surface area contributed by atoms with E-state index in [9.17, 15) is 0 Å². The Morgan fingerprint density at radius 3 is 2.67 bits per heavy atom. The predicted molar refractivity (Wildman–Crippen MR) is 56.5 cm³/mol. The van der Waals surface area contributed by atoms with Crippen molar-refractivity contribution in [3.05, 3.63) is 0 Å². The Bertz CT molecular complexity index is 155. The quantitative estimate of drug-likeness (QED) is 0.633. The lowest BCUT2D eigenvalue weighted by Gasteiger charge is -2.26. The first-order chi connectivity index (χ1) is 5.81. The molecule has 2 saturated carbocycles. The lowest BCUT2D eigenvalue weighted by molar-refractivity contribution is 0.251. The zero-order valence-corrected chi connectivity index (χ0v) is 9.52. The third kappa shape index (κ3) is 1.86. The molecular weight excluding hydrogens is 212 g/mol. The normalized spacial score (nSPS) is 47.5. The molecule has 12 heavy (non-hydrogen) atoms. The van der Waals surface area contributed by atoms with Crippen LogP contribution in [0.4, 0.5) is 0 Å². The van der Waals surface area contributed by atoms with E-state index in [2.05, 4.69) is 22.9 Å². The molecule has 0 aromatic heterocycles. The summed E-state index contributed by atoms with van der Waals surface area (Å²) in [7, 11) is 0. The monoisotopic (exact) mass is 230 g/mol. The van der Waals surface area contributed by atoms with E-state index in [1.807, 2.05) is 0 Å². The van der Waals surface area contributed by atoms with Gasteiger partial charge in [-0.1, -0.05) is 42.1 Å². The lowest BCUT2D eigenvalue weighted by atomic mass is 9.79. The molecule has 0 N–H and O–H groups in total. The van der Waals surface area contributed by atoms with Gasteiger partial charge in [0, 0.05) is 5.33 Å². The van der Waals surface area contributed by atoms with Crippen LogP contribution in [-0.2, 0) is 0 Å². The summed E-state index contributed by atoms with van der Waals surface area (Å²) in [6.07, 6.45) is 7.55. The van der Waals surface area contributed by atoms with E-state index in [0.717, 1.165) is 23.7 Å². The summed E-state index contributed by atoms with van der Waals surface area (Å²) < 4.78 is 0. The first kappa shape index (κ1) is 9.05. The maximum Gasteiger partial charge on any atom is 0.00625 e. The Hall–Kier alpha value is 0.480. The van der Waals surface area contributed by atoms with Crippen molar-refractivity contribution in [1.29, 1.82) is 0 Å².